The molecule has 0 atom stereocenters. The molecule has 1 amide bonds. The standard InChI is InChI=1S/C23H23ClF3N5O2S/c1-2-28-21(33)18-8-7-15(34-18)14-35-22-29-19(23(25,26)27)13-20(30-22)32-11-9-31(10-12-32)17-6-4-3-5-16(17)24/h3-8,13H,2,9-12,14H2,1H3,(H,28,33). The second-order valence-electron chi connectivity index (χ2n) is 7.73. The van der Waals surface area contributed by atoms with Crippen molar-refractivity contribution < 1.29 is 22.4 Å². The first kappa shape index (κ1) is 25.2. The number of furan rings is 1. The molecule has 2 aromatic heterocycles. The van der Waals surface area contributed by atoms with Crippen LogP contribution in [0.25, 0.3) is 0 Å². The number of carbonyl (C=O) groups excluding carboxylic acids is 1. The van der Waals surface area contributed by atoms with Gasteiger partial charge < -0.3 is 19.5 Å². The molecule has 0 spiro atoms. The second-order valence-corrected chi connectivity index (χ2v) is 9.08. The predicted molar refractivity (Wildman–Crippen MR) is 129 cm³/mol. The van der Waals surface area contributed by atoms with E-state index < -0.39 is 11.9 Å². The monoisotopic (exact) mass is 525 g/mol. The van der Waals surface area contributed by atoms with E-state index in [-0.39, 0.29) is 28.4 Å². The van der Waals surface area contributed by atoms with E-state index in [9.17, 15) is 18.0 Å². The maximum atomic E-state index is 13.6. The van der Waals surface area contributed by atoms with Gasteiger partial charge in [0.1, 0.15) is 11.6 Å². The molecule has 0 aliphatic carbocycles. The summed E-state index contributed by atoms with van der Waals surface area (Å²) < 4.78 is 46.2. The molecule has 0 radical (unpaired) electrons. The lowest BCUT2D eigenvalue weighted by atomic mass is 10.2. The molecule has 3 heterocycles. The zero-order valence-corrected chi connectivity index (χ0v) is 20.4. The Morgan fingerprint density at radius 2 is 1.83 bits per heavy atom. The fourth-order valence-electron chi connectivity index (χ4n) is 3.63. The molecule has 1 saturated heterocycles. The first-order valence-electron chi connectivity index (χ1n) is 10.9. The van der Waals surface area contributed by atoms with Crippen molar-refractivity contribution in [2.24, 2.45) is 0 Å². The van der Waals surface area contributed by atoms with E-state index in [1.165, 1.54) is 6.07 Å². The fourth-order valence-corrected chi connectivity index (χ4v) is 4.63. The average molecular weight is 526 g/mol. The molecule has 7 nitrogen and oxygen atoms in total. The summed E-state index contributed by atoms with van der Waals surface area (Å²) in [7, 11) is 0. The smallest absolute Gasteiger partial charge is 0.433 e. The van der Waals surface area contributed by atoms with Gasteiger partial charge in [-0.3, -0.25) is 4.79 Å². The number of hydrogen-bond donors (Lipinski definition) is 1. The highest BCUT2D eigenvalue weighted by atomic mass is 35.5. The molecule has 0 saturated carbocycles. The predicted octanol–water partition coefficient (Wildman–Crippen LogP) is 5.11. The van der Waals surface area contributed by atoms with Gasteiger partial charge in [0.15, 0.2) is 16.6 Å². The van der Waals surface area contributed by atoms with Gasteiger partial charge >= 0.3 is 6.18 Å². The Morgan fingerprint density at radius 3 is 2.51 bits per heavy atom. The summed E-state index contributed by atoms with van der Waals surface area (Å²) in [4.78, 5) is 23.9. The van der Waals surface area contributed by atoms with Gasteiger partial charge in [-0.05, 0) is 31.2 Å². The third-order valence-electron chi connectivity index (χ3n) is 5.35. The Kier molecular flexibility index (Phi) is 7.75. The van der Waals surface area contributed by atoms with Crippen LogP contribution >= 0.6 is 23.4 Å². The lowest BCUT2D eigenvalue weighted by Gasteiger charge is -2.37. The number of nitrogens with one attached hydrogen (secondary N) is 1. The van der Waals surface area contributed by atoms with Crippen molar-refractivity contribution in [3.05, 3.63) is 64.7 Å². The molecule has 186 valence electrons. The summed E-state index contributed by atoms with van der Waals surface area (Å²) >= 11 is 7.31. The number of nitrogens with zero attached hydrogens (tertiary/aromatic N) is 4. The molecule has 3 aromatic rings. The molecular formula is C23H23ClF3N5O2S. The maximum absolute atomic E-state index is 13.6. The number of rotatable bonds is 7. The molecule has 1 aliphatic rings. The van der Waals surface area contributed by atoms with E-state index in [0.717, 1.165) is 23.5 Å². The van der Waals surface area contributed by atoms with Crippen molar-refractivity contribution in [2.75, 3.05) is 42.5 Å². The first-order valence-corrected chi connectivity index (χ1v) is 12.3. The number of anilines is 2. The van der Waals surface area contributed by atoms with Gasteiger partial charge in [-0.15, -0.1) is 0 Å². The number of amides is 1. The van der Waals surface area contributed by atoms with Crippen LogP contribution in [0.1, 0.15) is 28.9 Å². The number of halogens is 4. The largest absolute Gasteiger partial charge is 0.455 e. The Morgan fingerprint density at radius 1 is 1.11 bits per heavy atom. The number of hydrogen-bond acceptors (Lipinski definition) is 7. The molecule has 1 aliphatic heterocycles. The quantitative estimate of drug-likeness (QED) is 0.339. The summed E-state index contributed by atoms with van der Waals surface area (Å²) in [6.07, 6.45) is -4.61. The van der Waals surface area contributed by atoms with Crippen molar-refractivity contribution in [3.8, 4) is 0 Å². The van der Waals surface area contributed by atoms with Crippen LogP contribution < -0.4 is 15.1 Å². The Hall–Kier alpha value is -2.92. The molecule has 12 heteroatoms. The molecular weight excluding hydrogens is 503 g/mol. The highest BCUT2D eigenvalue weighted by molar-refractivity contribution is 7.98. The highest BCUT2D eigenvalue weighted by Crippen LogP contribution is 2.33. The minimum atomic E-state index is -4.61. The van der Waals surface area contributed by atoms with Crippen LogP contribution in [-0.4, -0.2) is 48.6 Å². The minimum absolute atomic E-state index is 0.0145. The van der Waals surface area contributed by atoms with Gasteiger partial charge in [0.05, 0.1) is 16.5 Å². The van der Waals surface area contributed by atoms with Gasteiger partial charge in [-0.2, -0.15) is 13.2 Å². The van der Waals surface area contributed by atoms with E-state index in [0.29, 0.717) is 43.5 Å². The van der Waals surface area contributed by atoms with E-state index in [1.807, 2.05) is 29.2 Å². The number of alkyl halides is 3. The molecule has 1 aromatic carbocycles. The summed E-state index contributed by atoms with van der Waals surface area (Å²) in [5, 5.41) is 3.25. The third kappa shape index (κ3) is 6.21. The highest BCUT2D eigenvalue weighted by Gasteiger charge is 2.34. The second kappa shape index (κ2) is 10.8. The maximum Gasteiger partial charge on any atom is 0.433 e. The molecule has 0 unspecified atom stereocenters. The number of thioether (sulfide) groups is 1. The van der Waals surface area contributed by atoms with Crippen LogP contribution in [-0.2, 0) is 11.9 Å². The lowest BCUT2D eigenvalue weighted by molar-refractivity contribution is -0.141. The summed E-state index contributed by atoms with van der Waals surface area (Å²) in [6, 6.07) is 11.6. The van der Waals surface area contributed by atoms with Gasteiger partial charge in [-0.25, -0.2) is 9.97 Å². The van der Waals surface area contributed by atoms with Gasteiger partial charge in [0.25, 0.3) is 5.91 Å². The van der Waals surface area contributed by atoms with Crippen molar-refractivity contribution in [3.63, 3.8) is 0 Å². The Balaban J connectivity index is 1.48. The normalized spacial score (nSPS) is 14.3. The van der Waals surface area contributed by atoms with Gasteiger partial charge in [-0.1, -0.05) is 35.5 Å². The lowest BCUT2D eigenvalue weighted by Crippen LogP contribution is -2.47. The van der Waals surface area contributed by atoms with Crippen LogP contribution in [0.15, 0.2) is 52.0 Å². The SMILES string of the molecule is CCNC(=O)c1ccc(CSc2nc(N3CCN(c4ccccc4Cl)CC3)cc(C(F)(F)F)n2)o1. The molecule has 4 rings (SSSR count). The third-order valence-corrected chi connectivity index (χ3v) is 6.53. The van der Waals surface area contributed by atoms with Crippen molar-refractivity contribution in [2.45, 2.75) is 24.0 Å². The summed E-state index contributed by atoms with van der Waals surface area (Å²) in [5.74, 6) is 0.630. The first-order chi connectivity index (χ1) is 16.7. The van der Waals surface area contributed by atoms with Crippen LogP contribution in [0.3, 0.4) is 0 Å². The van der Waals surface area contributed by atoms with Gasteiger partial charge in [0.2, 0.25) is 0 Å². The molecule has 1 fully saturated rings. The minimum Gasteiger partial charge on any atom is -0.455 e. The van der Waals surface area contributed by atoms with E-state index in [1.54, 1.807) is 13.0 Å². The number of piperazine rings is 1. The number of benzene rings is 1. The van der Waals surface area contributed by atoms with Crippen LogP contribution in [0, 0.1) is 0 Å². The Labute approximate surface area is 209 Å². The van der Waals surface area contributed by atoms with Crippen molar-refractivity contribution >= 4 is 40.8 Å². The van der Waals surface area contributed by atoms with E-state index in [4.69, 9.17) is 16.0 Å². The van der Waals surface area contributed by atoms with E-state index in [2.05, 4.69) is 20.2 Å². The van der Waals surface area contributed by atoms with Crippen molar-refractivity contribution in [1.82, 2.24) is 15.3 Å². The zero-order valence-electron chi connectivity index (χ0n) is 18.8. The summed E-state index contributed by atoms with van der Waals surface area (Å²) in [5.41, 5.74) is -0.102. The van der Waals surface area contributed by atoms with Crippen LogP contribution in [0.2, 0.25) is 5.02 Å². The number of carbonyl (C=O) groups is 1. The number of para-hydroxylation sites is 1. The van der Waals surface area contributed by atoms with Crippen LogP contribution in [0.4, 0.5) is 24.7 Å². The van der Waals surface area contributed by atoms with E-state index >= 15 is 0 Å². The molecule has 0 bridgehead atoms. The van der Waals surface area contributed by atoms with Gasteiger partial charge in [0, 0.05) is 38.8 Å². The average Bonchev–Trinajstić information content (AvgIpc) is 3.32. The number of aromatic nitrogens is 2. The van der Waals surface area contributed by atoms with Crippen molar-refractivity contribution in [1.29, 1.82) is 0 Å². The molecule has 35 heavy (non-hydrogen) atoms. The zero-order chi connectivity index (χ0) is 25.0. The Bertz CT molecular complexity index is 1180. The summed E-state index contributed by atoms with van der Waals surface area (Å²) in [6.45, 7) is 4.39. The molecule has 1 N–H and O–H groups in total. The van der Waals surface area contributed by atoms with Crippen LogP contribution in [0.5, 0.6) is 0 Å². The fraction of sp³-hybridized carbons (Fsp3) is 0.348. The topological polar surface area (TPSA) is 74.5 Å².